The molecule has 1 aromatic carbocycles. The van der Waals surface area contributed by atoms with Crippen LogP contribution >= 0.6 is 0 Å². The molecule has 2 aromatic rings. The van der Waals surface area contributed by atoms with Crippen LogP contribution in [0.4, 0.5) is 13.2 Å². The van der Waals surface area contributed by atoms with E-state index in [1.54, 1.807) is 13.0 Å². The average Bonchev–Trinajstić information content (AvgIpc) is 3.09. The van der Waals surface area contributed by atoms with Gasteiger partial charge in [0.15, 0.2) is 0 Å². The van der Waals surface area contributed by atoms with Crippen molar-refractivity contribution in [1.82, 2.24) is 14.7 Å². The number of rotatable bonds is 8. The van der Waals surface area contributed by atoms with Gasteiger partial charge in [0.05, 0.1) is 23.8 Å². The van der Waals surface area contributed by atoms with Crippen molar-refractivity contribution in [3.63, 3.8) is 0 Å². The molecule has 0 amide bonds. The number of aromatic nitrogens is 2. The predicted octanol–water partition coefficient (Wildman–Crippen LogP) is 5.01. The molecule has 0 saturated carbocycles. The van der Waals surface area contributed by atoms with Crippen molar-refractivity contribution in [2.45, 2.75) is 65.7 Å². The number of likely N-dealkylation sites (tertiary alicyclic amines) is 1. The number of alkyl halides is 3. The van der Waals surface area contributed by atoms with E-state index >= 15 is 0 Å². The highest BCUT2D eigenvalue weighted by Gasteiger charge is 2.43. The summed E-state index contributed by atoms with van der Waals surface area (Å²) in [5.41, 5.74) is 1.33. The molecule has 0 N–H and O–H groups in total. The summed E-state index contributed by atoms with van der Waals surface area (Å²) in [6.45, 7) is 9.17. The number of carbonyl (C=O) groups is 1. The minimum Gasteiger partial charge on any atom is -0.466 e. The van der Waals surface area contributed by atoms with E-state index in [0.29, 0.717) is 31.5 Å². The Morgan fingerprint density at radius 3 is 2.56 bits per heavy atom. The highest BCUT2D eigenvalue weighted by atomic mass is 19.4. The fraction of sp³-hybridized carbons (Fsp3) is 0.583. The number of aryl methyl sites for hydroxylation is 1. The van der Waals surface area contributed by atoms with Crippen LogP contribution in [0.1, 0.15) is 55.5 Å². The third-order valence-electron chi connectivity index (χ3n) is 6.35. The number of halogens is 3. The van der Waals surface area contributed by atoms with Gasteiger partial charge in [0.25, 0.3) is 0 Å². The second kappa shape index (κ2) is 10.1. The first-order valence-electron chi connectivity index (χ1n) is 11.3. The van der Waals surface area contributed by atoms with Crippen LogP contribution < -0.4 is 0 Å². The molecule has 0 radical (unpaired) electrons. The van der Waals surface area contributed by atoms with Crippen LogP contribution in [0.3, 0.4) is 0 Å². The number of hydrogen-bond acceptors (Lipinski definition) is 4. The Morgan fingerprint density at radius 1 is 1.22 bits per heavy atom. The molecule has 176 valence electrons. The lowest BCUT2D eigenvalue weighted by Gasteiger charge is -2.40. The van der Waals surface area contributed by atoms with Gasteiger partial charge >= 0.3 is 12.1 Å². The summed E-state index contributed by atoms with van der Waals surface area (Å²) in [5.74, 6) is -0.316. The Labute approximate surface area is 187 Å². The number of piperidine rings is 1. The largest absolute Gasteiger partial charge is 0.466 e. The summed E-state index contributed by atoms with van der Waals surface area (Å²) in [6, 6.07) is 5.28. The van der Waals surface area contributed by atoms with Crippen LogP contribution in [-0.2, 0) is 35.2 Å². The molecule has 2 heterocycles. The van der Waals surface area contributed by atoms with E-state index in [4.69, 9.17) is 4.74 Å². The number of nitrogens with zero attached hydrogens (tertiary/aromatic N) is 3. The highest BCUT2D eigenvalue weighted by molar-refractivity contribution is 5.77. The molecule has 5 nitrogen and oxygen atoms in total. The van der Waals surface area contributed by atoms with Crippen molar-refractivity contribution < 1.29 is 22.7 Å². The first-order valence-corrected chi connectivity index (χ1v) is 11.3. The summed E-state index contributed by atoms with van der Waals surface area (Å²) in [5, 5.41) is 4.46. The smallest absolute Gasteiger partial charge is 0.416 e. The molecule has 8 heteroatoms. The van der Waals surface area contributed by atoms with Gasteiger partial charge in [-0.2, -0.15) is 18.3 Å². The standard InChI is InChI=1S/C24H32F3N3O2/c1-4-11-30-18(3)20(16-28-30)17-29-12-9-23(10-13-29,22(31)32-5-2)15-19-7-6-8-21(14-19)24(25,26)27/h6-8,14,16H,4-5,9-13,15,17H2,1-3H3. The van der Waals surface area contributed by atoms with Crippen molar-refractivity contribution >= 4 is 5.97 Å². The van der Waals surface area contributed by atoms with Gasteiger partial charge in [-0.05, 0) is 64.3 Å². The molecule has 1 aliphatic rings. The molecular formula is C24H32F3N3O2. The van der Waals surface area contributed by atoms with Gasteiger partial charge in [-0.3, -0.25) is 14.4 Å². The zero-order valence-corrected chi connectivity index (χ0v) is 19.0. The Balaban J connectivity index is 1.73. The Hall–Kier alpha value is -2.35. The molecule has 3 rings (SSSR count). The van der Waals surface area contributed by atoms with Gasteiger partial charge in [-0.15, -0.1) is 0 Å². The average molecular weight is 452 g/mol. The zero-order valence-electron chi connectivity index (χ0n) is 19.0. The van der Waals surface area contributed by atoms with Crippen molar-refractivity contribution in [2.75, 3.05) is 19.7 Å². The van der Waals surface area contributed by atoms with Crippen molar-refractivity contribution in [1.29, 1.82) is 0 Å². The zero-order chi connectivity index (χ0) is 23.4. The van der Waals surface area contributed by atoms with Gasteiger partial charge in [-0.1, -0.05) is 25.1 Å². The number of ether oxygens (including phenoxy) is 1. The van der Waals surface area contributed by atoms with Gasteiger partial charge in [0.1, 0.15) is 0 Å². The van der Waals surface area contributed by atoms with E-state index in [2.05, 4.69) is 23.8 Å². The molecule has 0 unspecified atom stereocenters. The summed E-state index contributed by atoms with van der Waals surface area (Å²) < 4.78 is 46.8. The van der Waals surface area contributed by atoms with Crippen LogP contribution in [0.15, 0.2) is 30.5 Å². The molecule has 0 atom stereocenters. The molecule has 1 aliphatic heterocycles. The second-order valence-corrected chi connectivity index (χ2v) is 8.63. The molecule has 1 fully saturated rings. The fourth-order valence-corrected chi connectivity index (χ4v) is 4.44. The molecule has 0 spiro atoms. The summed E-state index contributed by atoms with van der Waals surface area (Å²) in [7, 11) is 0. The van der Waals surface area contributed by atoms with Crippen LogP contribution in [-0.4, -0.2) is 40.3 Å². The maximum absolute atomic E-state index is 13.2. The predicted molar refractivity (Wildman–Crippen MR) is 116 cm³/mol. The van der Waals surface area contributed by atoms with Crippen LogP contribution in [0.5, 0.6) is 0 Å². The van der Waals surface area contributed by atoms with Crippen molar-refractivity contribution in [3.05, 3.63) is 52.8 Å². The Morgan fingerprint density at radius 2 is 1.94 bits per heavy atom. The van der Waals surface area contributed by atoms with Gasteiger partial charge < -0.3 is 4.74 Å². The van der Waals surface area contributed by atoms with Gasteiger partial charge in [0, 0.05) is 24.3 Å². The number of hydrogen-bond donors (Lipinski definition) is 0. The lowest BCUT2D eigenvalue weighted by Crippen LogP contribution is -2.46. The molecule has 1 aromatic heterocycles. The summed E-state index contributed by atoms with van der Waals surface area (Å²) in [6.07, 6.45) is -0.147. The lowest BCUT2D eigenvalue weighted by molar-refractivity contribution is -0.158. The summed E-state index contributed by atoms with van der Waals surface area (Å²) >= 11 is 0. The van der Waals surface area contributed by atoms with E-state index in [-0.39, 0.29) is 19.0 Å². The monoisotopic (exact) mass is 451 g/mol. The first-order chi connectivity index (χ1) is 15.2. The van der Waals surface area contributed by atoms with E-state index < -0.39 is 17.2 Å². The van der Waals surface area contributed by atoms with Crippen LogP contribution in [0, 0.1) is 12.3 Å². The van der Waals surface area contributed by atoms with E-state index in [9.17, 15) is 18.0 Å². The van der Waals surface area contributed by atoms with Crippen molar-refractivity contribution in [2.24, 2.45) is 5.41 Å². The van der Waals surface area contributed by atoms with E-state index in [1.165, 1.54) is 11.6 Å². The minimum atomic E-state index is -4.41. The molecular weight excluding hydrogens is 419 g/mol. The molecule has 32 heavy (non-hydrogen) atoms. The quantitative estimate of drug-likeness (QED) is 0.530. The fourth-order valence-electron chi connectivity index (χ4n) is 4.44. The first kappa shape index (κ1) is 24.3. The highest BCUT2D eigenvalue weighted by Crippen LogP contribution is 2.38. The van der Waals surface area contributed by atoms with E-state index in [0.717, 1.165) is 37.3 Å². The minimum absolute atomic E-state index is 0.247. The van der Waals surface area contributed by atoms with E-state index in [1.807, 2.05) is 10.9 Å². The Bertz CT molecular complexity index is 915. The van der Waals surface area contributed by atoms with Crippen molar-refractivity contribution in [3.8, 4) is 0 Å². The lowest BCUT2D eigenvalue weighted by atomic mass is 9.73. The molecule has 0 aliphatic carbocycles. The maximum Gasteiger partial charge on any atom is 0.416 e. The number of esters is 1. The van der Waals surface area contributed by atoms with Crippen LogP contribution in [0.25, 0.3) is 0 Å². The summed E-state index contributed by atoms with van der Waals surface area (Å²) in [4.78, 5) is 15.2. The number of benzene rings is 1. The van der Waals surface area contributed by atoms with Gasteiger partial charge in [0.2, 0.25) is 0 Å². The maximum atomic E-state index is 13.2. The second-order valence-electron chi connectivity index (χ2n) is 8.63. The number of carbonyl (C=O) groups excluding carboxylic acids is 1. The molecule has 0 bridgehead atoms. The normalized spacial score (nSPS) is 16.8. The third-order valence-corrected chi connectivity index (χ3v) is 6.35. The topological polar surface area (TPSA) is 47.4 Å². The Kier molecular flexibility index (Phi) is 7.64. The van der Waals surface area contributed by atoms with Gasteiger partial charge in [-0.25, -0.2) is 0 Å². The van der Waals surface area contributed by atoms with Crippen LogP contribution in [0.2, 0.25) is 0 Å². The third kappa shape index (κ3) is 5.52. The SMILES string of the molecule is CCCn1ncc(CN2CCC(Cc3cccc(C(F)(F)F)c3)(C(=O)OCC)CC2)c1C. The molecule has 1 saturated heterocycles.